The third-order valence-corrected chi connectivity index (χ3v) is 6.25. The summed E-state index contributed by atoms with van der Waals surface area (Å²) in [6, 6.07) is 17.8. The molecule has 1 unspecified atom stereocenters. The molecular formula is C27H32N7O6P. The van der Waals surface area contributed by atoms with E-state index in [-0.39, 0.29) is 20.7 Å². The molecule has 4 aromatic carbocycles. The van der Waals surface area contributed by atoms with Gasteiger partial charge in [0.25, 0.3) is 0 Å². The highest BCUT2D eigenvalue weighted by Crippen LogP contribution is 2.43. The predicted molar refractivity (Wildman–Crippen MR) is 159 cm³/mol. The number of phenols is 1. The molecule has 8 N–H and O–H groups in total. The van der Waals surface area contributed by atoms with Crippen molar-refractivity contribution in [2.24, 2.45) is 26.4 Å². The highest BCUT2D eigenvalue weighted by atomic mass is 31.1. The van der Waals surface area contributed by atoms with Gasteiger partial charge in [0.05, 0.1) is 27.7 Å². The van der Waals surface area contributed by atoms with E-state index in [1.54, 1.807) is 42.5 Å². The maximum Gasteiger partial charge on any atom is 0.151 e. The predicted octanol–water partition coefficient (Wildman–Crippen LogP) is 7.20. The van der Waals surface area contributed by atoms with E-state index < -0.39 is 0 Å². The number of nitrogen functional groups attached to an aromatic ring is 1. The molecular weight excluding hydrogens is 549 g/mol. The Bertz CT molecular complexity index is 1550. The van der Waals surface area contributed by atoms with Crippen LogP contribution in [0.5, 0.6) is 17.2 Å². The summed E-state index contributed by atoms with van der Waals surface area (Å²) in [5.41, 5.74) is 8.96. The van der Waals surface area contributed by atoms with Crippen molar-refractivity contribution in [3.05, 3.63) is 66.2 Å². The highest BCUT2D eigenvalue weighted by molar-refractivity contribution is 7.41. The van der Waals surface area contributed by atoms with Crippen molar-refractivity contribution in [1.29, 1.82) is 0 Å². The van der Waals surface area contributed by atoms with Crippen LogP contribution >= 0.6 is 8.81 Å². The van der Waals surface area contributed by atoms with Crippen molar-refractivity contribution in [3.63, 3.8) is 0 Å². The number of hydrogen-bond donors (Lipinski definition) is 4. The standard InChI is InChI=1S/C27H29N6O6P.H3N/c1-4-35-24-15-23(32-33-26-16(3)11-17-9-10-18(28)12-21(17)27(26)34)25(36-5-2)14-22(24)31-30-19-7-6-8-20(13-19)40-39-38-37-29;/h6-15,34,40H,4-5,28-29H2,1-3H3;1H3. The van der Waals surface area contributed by atoms with Gasteiger partial charge in [0.2, 0.25) is 0 Å². The summed E-state index contributed by atoms with van der Waals surface area (Å²) in [7, 11) is -0.169. The Labute approximate surface area is 238 Å². The molecule has 0 aliphatic carbocycles. The third kappa shape index (κ3) is 7.92. The van der Waals surface area contributed by atoms with E-state index in [0.717, 1.165) is 16.3 Å². The van der Waals surface area contributed by atoms with E-state index in [1.165, 1.54) is 0 Å². The lowest BCUT2D eigenvalue weighted by molar-refractivity contribution is -0.466. The van der Waals surface area contributed by atoms with Gasteiger partial charge in [-0.1, -0.05) is 18.2 Å². The van der Waals surface area contributed by atoms with E-state index in [9.17, 15) is 5.11 Å². The Kier molecular flexibility index (Phi) is 11.4. The molecule has 0 saturated carbocycles. The first-order valence-electron chi connectivity index (χ1n) is 12.3. The molecule has 0 aliphatic rings. The first kappa shape index (κ1) is 31.3. The van der Waals surface area contributed by atoms with Crippen LogP contribution < -0.4 is 32.6 Å². The molecule has 0 fully saturated rings. The second-order valence-corrected chi connectivity index (χ2v) is 9.27. The van der Waals surface area contributed by atoms with E-state index in [2.05, 4.69) is 30.5 Å². The van der Waals surface area contributed by atoms with Crippen LogP contribution in [0, 0.1) is 6.92 Å². The zero-order valence-corrected chi connectivity index (χ0v) is 23.8. The number of aryl methyl sites for hydroxylation is 1. The van der Waals surface area contributed by atoms with Crippen molar-refractivity contribution >= 4 is 53.3 Å². The van der Waals surface area contributed by atoms with E-state index in [4.69, 9.17) is 25.8 Å². The average molecular weight is 582 g/mol. The molecule has 0 aromatic heterocycles. The molecule has 1 atom stereocenters. The molecule has 41 heavy (non-hydrogen) atoms. The van der Waals surface area contributed by atoms with E-state index in [1.807, 2.05) is 39.0 Å². The van der Waals surface area contributed by atoms with Gasteiger partial charge in [-0.05, 0) is 67.1 Å². The van der Waals surface area contributed by atoms with Gasteiger partial charge < -0.3 is 26.5 Å². The van der Waals surface area contributed by atoms with Crippen LogP contribution in [0.4, 0.5) is 28.4 Å². The second kappa shape index (κ2) is 15.0. The van der Waals surface area contributed by atoms with Gasteiger partial charge in [-0.25, -0.2) is 0 Å². The number of benzene rings is 4. The lowest BCUT2D eigenvalue weighted by Crippen LogP contribution is -2.00. The zero-order chi connectivity index (χ0) is 28.5. The Morgan fingerprint density at radius 3 is 2.20 bits per heavy atom. The van der Waals surface area contributed by atoms with Crippen LogP contribution in [0.1, 0.15) is 19.4 Å². The van der Waals surface area contributed by atoms with E-state index >= 15 is 0 Å². The van der Waals surface area contributed by atoms with Crippen molar-refractivity contribution < 1.29 is 29.3 Å². The number of anilines is 1. The monoisotopic (exact) mass is 581 g/mol. The van der Waals surface area contributed by atoms with Crippen LogP contribution in [0.2, 0.25) is 0 Å². The summed E-state index contributed by atoms with van der Waals surface area (Å²) < 4.78 is 16.5. The summed E-state index contributed by atoms with van der Waals surface area (Å²) in [5, 5.41) is 34.9. The highest BCUT2D eigenvalue weighted by Gasteiger charge is 2.15. The fourth-order valence-electron chi connectivity index (χ4n) is 3.82. The van der Waals surface area contributed by atoms with Crippen LogP contribution in [-0.2, 0) is 14.7 Å². The molecule has 216 valence electrons. The normalized spacial score (nSPS) is 11.6. The molecule has 0 spiro atoms. The fraction of sp³-hybridized carbons (Fsp3) is 0.185. The van der Waals surface area contributed by atoms with Gasteiger partial charge in [-0.15, -0.1) is 20.3 Å². The van der Waals surface area contributed by atoms with E-state index in [0.29, 0.717) is 58.5 Å². The Balaban J connectivity index is 0.00000462. The summed E-state index contributed by atoms with van der Waals surface area (Å²) in [6.07, 6.45) is 0. The minimum Gasteiger partial charge on any atom is -0.505 e. The molecule has 14 heteroatoms. The SMILES string of the molecule is CCOc1cc(N=Nc2c(C)cc3ccc(N)cc3c2O)c(OCC)cc1N=Nc1cccc(POOON)c1.N. The Morgan fingerprint density at radius 2 is 1.54 bits per heavy atom. The van der Waals surface area contributed by atoms with Crippen LogP contribution in [0.15, 0.2) is 81.1 Å². The quantitative estimate of drug-likeness (QED) is 0.0333. The minimum absolute atomic E-state index is 0. The topological polar surface area (TPSA) is 203 Å². The first-order valence-corrected chi connectivity index (χ1v) is 13.2. The van der Waals surface area contributed by atoms with Crippen LogP contribution in [0.3, 0.4) is 0 Å². The van der Waals surface area contributed by atoms with Crippen molar-refractivity contribution in [2.45, 2.75) is 20.8 Å². The van der Waals surface area contributed by atoms with Gasteiger partial charge in [0.1, 0.15) is 28.6 Å². The van der Waals surface area contributed by atoms with Gasteiger partial charge in [0.15, 0.2) is 5.75 Å². The van der Waals surface area contributed by atoms with Crippen molar-refractivity contribution in [3.8, 4) is 17.2 Å². The van der Waals surface area contributed by atoms with Crippen molar-refractivity contribution in [1.82, 2.24) is 6.15 Å². The average Bonchev–Trinajstić information content (AvgIpc) is 2.94. The van der Waals surface area contributed by atoms with Gasteiger partial charge >= 0.3 is 0 Å². The summed E-state index contributed by atoms with van der Waals surface area (Å²) in [5.74, 6) is 5.63. The maximum absolute atomic E-state index is 10.9. The number of ether oxygens (including phenoxy) is 2. The number of phenolic OH excluding ortho intramolecular Hbond substituents is 1. The molecule has 0 aliphatic heterocycles. The van der Waals surface area contributed by atoms with Gasteiger partial charge in [0, 0.05) is 28.5 Å². The number of fused-ring (bicyclic) bond motifs is 1. The van der Waals surface area contributed by atoms with Crippen molar-refractivity contribution in [2.75, 3.05) is 18.9 Å². The number of nitrogens with two attached hydrogens (primary N) is 2. The smallest absolute Gasteiger partial charge is 0.151 e. The number of azo groups is 2. The first-order chi connectivity index (χ1) is 19.4. The van der Waals surface area contributed by atoms with Gasteiger partial charge in [-0.2, -0.15) is 15.7 Å². The molecule has 0 saturated heterocycles. The molecule has 13 nitrogen and oxygen atoms in total. The number of hydrogen-bond acceptors (Lipinski definition) is 13. The Hall–Kier alpha value is -4.23. The summed E-state index contributed by atoms with van der Waals surface area (Å²) in [4.78, 5) is 3.94. The lowest BCUT2D eigenvalue weighted by atomic mass is 10.0. The number of rotatable bonds is 12. The number of nitrogens with zero attached hydrogens (tertiary/aromatic N) is 4. The summed E-state index contributed by atoms with van der Waals surface area (Å²) >= 11 is 0. The maximum atomic E-state index is 10.9. The lowest BCUT2D eigenvalue weighted by Gasteiger charge is -2.12. The Morgan fingerprint density at radius 1 is 0.854 bits per heavy atom. The largest absolute Gasteiger partial charge is 0.505 e. The molecule has 0 heterocycles. The van der Waals surface area contributed by atoms with Crippen LogP contribution in [0.25, 0.3) is 10.8 Å². The fourth-order valence-corrected chi connectivity index (χ4v) is 4.36. The molecule has 0 bridgehead atoms. The number of aromatic hydroxyl groups is 1. The zero-order valence-electron chi connectivity index (χ0n) is 22.8. The third-order valence-electron chi connectivity index (χ3n) is 5.55. The van der Waals surface area contributed by atoms with Gasteiger partial charge in [-0.3, -0.25) is 0 Å². The second-order valence-electron chi connectivity index (χ2n) is 8.32. The minimum atomic E-state index is -0.169. The molecule has 0 amide bonds. The molecule has 4 rings (SSSR count). The summed E-state index contributed by atoms with van der Waals surface area (Å²) in [6.45, 7) is 6.33. The molecule has 4 aromatic rings. The van der Waals surface area contributed by atoms with Crippen LogP contribution in [-0.4, -0.2) is 18.3 Å². The molecule has 0 radical (unpaired) electrons.